The lowest BCUT2D eigenvalue weighted by molar-refractivity contribution is 0.140. The smallest absolute Gasteiger partial charge is 0.117 e. The quantitative estimate of drug-likeness (QED) is 0.409. The molecule has 0 aliphatic rings. The fraction of sp³-hybridized carbons (Fsp3) is 0.545. The molecule has 4 heteroatoms. The maximum atomic E-state index is 5.18. The largest absolute Gasteiger partial charge is 0.396 e. The molecule has 0 fully saturated rings. The summed E-state index contributed by atoms with van der Waals surface area (Å²) in [5.41, 5.74) is 1.71. The Morgan fingerprint density at radius 1 is 1.33 bits per heavy atom. The molecule has 0 amide bonds. The van der Waals surface area contributed by atoms with Gasteiger partial charge in [-0.25, -0.2) is 9.97 Å². The molecule has 0 radical (unpaired) electrons. The van der Waals surface area contributed by atoms with Crippen LogP contribution in [0.1, 0.15) is 38.7 Å². The second-order valence-electron chi connectivity index (χ2n) is 3.34. The highest BCUT2D eigenvalue weighted by molar-refractivity contribution is 5.97. The van der Waals surface area contributed by atoms with Crippen molar-refractivity contribution in [2.45, 2.75) is 33.1 Å². The topological polar surface area (TPSA) is 47.4 Å². The maximum absolute atomic E-state index is 5.18. The molecule has 0 aliphatic heterocycles. The Kier molecular flexibility index (Phi) is 5.37. The molecule has 1 aromatic rings. The molecule has 0 aromatic carbocycles. The number of hydrogen-bond donors (Lipinski definition) is 0. The van der Waals surface area contributed by atoms with Crippen molar-refractivity contribution in [3.8, 4) is 0 Å². The van der Waals surface area contributed by atoms with Crippen LogP contribution in [0.5, 0.6) is 0 Å². The summed E-state index contributed by atoms with van der Waals surface area (Å²) >= 11 is 0. The van der Waals surface area contributed by atoms with E-state index in [9.17, 15) is 0 Å². The highest BCUT2D eigenvalue weighted by Crippen LogP contribution is 1.99. The van der Waals surface area contributed by atoms with Gasteiger partial charge in [-0.1, -0.05) is 24.9 Å². The van der Waals surface area contributed by atoms with Gasteiger partial charge in [0, 0.05) is 18.0 Å². The SMILES string of the molecule is CCCCCO/N=C(\C)c1cncnc1. The third kappa shape index (κ3) is 4.54. The zero-order valence-corrected chi connectivity index (χ0v) is 9.31. The van der Waals surface area contributed by atoms with Gasteiger partial charge in [-0.15, -0.1) is 0 Å². The van der Waals surface area contributed by atoms with Crippen LogP contribution in [0, 0.1) is 0 Å². The first-order valence-electron chi connectivity index (χ1n) is 5.26. The molecule has 4 nitrogen and oxygen atoms in total. The summed E-state index contributed by atoms with van der Waals surface area (Å²) in [5.74, 6) is 0. The highest BCUT2D eigenvalue weighted by atomic mass is 16.6. The summed E-state index contributed by atoms with van der Waals surface area (Å²) in [6.45, 7) is 4.73. The van der Waals surface area contributed by atoms with Crippen molar-refractivity contribution in [3.05, 3.63) is 24.3 Å². The second-order valence-corrected chi connectivity index (χ2v) is 3.34. The average molecular weight is 207 g/mol. The third-order valence-electron chi connectivity index (χ3n) is 2.02. The lowest BCUT2D eigenvalue weighted by Gasteiger charge is -2.00. The normalized spacial score (nSPS) is 11.5. The van der Waals surface area contributed by atoms with Crippen molar-refractivity contribution in [2.75, 3.05) is 6.61 Å². The fourth-order valence-corrected chi connectivity index (χ4v) is 1.10. The molecule has 0 bridgehead atoms. The van der Waals surface area contributed by atoms with Crippen molar-refractivity contribution in [3.63, 3.8) is 0 Å². The minimum Gasteiger partial charge on any atom is -0.396 e. The van der Waals surface area contributed by atoms with Crippen LogP contribution in [-0.4, -0.2) is 22.3 Å². The Hall–Kier alpha value is -1.45. The number of aromatic nitrogens is 2. The lowest BCUT2D eigenvalue weighted by atomic mass is 10.2. The molecule has 0 unspecified atom stereocenters. The predicted molar refractivity (Wildman–Crippen MR) is 59.7 cm³/mol. The van der Waals surface area contributed by atoms with Crippen LogP contribution in [0.4, 0.5) is 0 Å². The van der Waals surface area contributed by atoms with E-state index in [0.29, 0.717) is 6.61 Å². The molecule has 0 saturated carbocycles. The summed E-state index contributed by atoms with van der Waals surface area (Å²) in [6.07, 6.45) is 8.38. The van der Waals surface area contributed by atoms with Gasteiger partial charge >= 0.3 is 0 Å². The minimum absolute atomic E-state index is 0.679. The van der Waals surface area contributed by atoms with E-state index in [4.69, 9.17) is 4.84 Å². The summed E-state index contributed by atoms with van der Waals surface area (Å²) < 4.78 is 0. The number of hydrogen-bond acceptors (Lipinski definition) is 4. The second kappa shape index (κ2) is 6.92. The van der Waals surface area contributed by atoms with Crippen molar-refractivity contribution in [1.82, 2.24) is 9.97 Å². The molecule has 0 aliphatic carbocycles. The van der Waals surface area contributed by atoms with Gasteiger partial charge in [0.1, 0.15) is 12.9 Å². The van der Waals surface area contributed by atoms with Gasteiger partial charge in [0.25, 0.3) is 0 Å². The predicted octanol–water partition coefficient (Wildman–Crippen LogP) is 2.41. The Balaban J connectivity index is 2.33. The zero-order valence-electron chi connectivity index (χ0n) is 9.31. The molecule has 15 heavy (non-hydrogen) atoms. The standard InChI is InChI=1S/C11H17N3O/c1-3-4-5-6-15-14-10(2)11-7-12-9-13-8-11/h7-9H,3-6H2,1-2H3/b14-10+. The summed E-state index contributed by atoms with van der Waals surface area (Å²) in [6, 6.07) is 0. The monoisotopic (exact) mass is 207 g/mol. The van der Waals surface area contributed by atoms with Crippen molar-refractivity contribution < 1.29 is 4.84 Å². The van der Waals surface area contributed by atoms with Crippen LogP contribution in [0.15, 0.2) is 23.9 Å². The van der Waals surface area contributed by atoms with Crippen LogP contribution in [0.2, 0.25) is 0 Å². The van der Waals surface area contributed by atoms with E-state index in [0.717, 1.165) is 17.7 Å². The van der Waals surface area contributed by atoms with E-state index in [2.05, 4.69) is 22.0 Å². The maximum Gasteiger partial charge on any atom is 0.117 e. The zero-order chi connectivity index (χ0) is 10.9. The molecule has 0 saturated heterocycles. The summed E-state index contributed by atoms with van der Waals surface area (Å²) in [7, 11) is 0. The molecular formula is C11H17N3O. The molecule has 1 heterocycles. The Morgan fingerprint density at radius 2 is 2.07 bits per heavy atom. The van der Waals surface area contributed by atoms with E-state index in [1.807, 2.05) is 6.92 Å². The van der Waals surface area contributed by atoms with Gasteiger partial charge in [0.05, 0.1) is 5.71 Å². The van der Waals surface area contributed by atoms with Crippen LogP contribution < -0.4 is 0 Å². The molecule has 0 N–H and O–H groups in total. The van der Waals surface area contributed by atoms with Crippen molar-refractivity contribution in [2.24, 2.45) is 5.16 Å². The third-order valence-corrected chi connectivity index (χ3v) is 2.02. The van der Waals surface area contributed by atoms with Crippen molar-refractivity contribution in [1.29, 1.82) is 0 Å². The first kappa shape index (κ1) is 11.6. The molecule has 82 valence electrons. The first-order valence-corrected chi connectivity index (χ1v) is 5.26. The van der Waals surface area contributed by atoms with E-state index in [1.165, 1.54) is 19.2 Å². The number of unbranched alkanes of at least 4 members (excludes halogenated alkanes) is 2. The van der Waals surface area contributed by atoms with Crippen LogP contribution in [-0.2, 0) is 4.84 Å². The molecule has 0 atom stereocenters. The van der Waals surface area contributed by atoms with Gasteiger partial charge in [0.15, 0.2) is 0 Å². The van der Waals surface area contributed by atoms with Crippen molar-refractivity contribution >= 4 is 5.71 Å². The van der Waals surface area contributed by atoms with Gasteiger partial charge < -0.3 is 4.84 Å². The number of rotatable bonds is 6. The van der Waals surface area contributed by atoms with Crippen LogP contribution >= 0.6 is 0 Å². The van der Waals surface area contributed by atoms with E-state index >= 15 is 0 Å². The Labute approximate surface area is 90.4 Å². The van der Waals surface area contributed by atoms with Crippen LogP contribution in [0.25, 0.3) is 0 Å². The first-order chi connectivity index (χ1) is 7.34. The average Bonchev–Trinajstić information content (AvgIpc) is 2.30. The lowest BCUT2D eigenvalue weighted by Crippen LogP contribution is -1.98. The Morgan fingerprint density at radius 3 is 2.73 bits per heavy atom. The van der Waals surface area contributed by atoms with Crippen LogP contribution in [0.3, 0.4) is 0 Å². The Bertz CT molecular complexity index is 298. The van der Waals surface area contributed by atoms with E-state index in [1.54, 1.807) is 12.4 Å². The summed E-state index contributed by atoms with van der Waals surface area (Å²) in [4.78, 5) is 13.0. The molecular weight excluding hydrogens is 190 g/mol. The fourth-order valence-electron chi connectivity index (χ4n) is 1.10. The summed E-state index contributed by atoms with van der Waals surface area (Å²) in [5, 5.41) is 4.00. The number of nitrogens with zero attached hydrogens (tertiary/aromatic N) is 3. The molecule has 0 spiro atoms. The highest BCUT2D eigenvalue weighted by Gasteiger charge is 1.97. The number of oxime groups is 1. The van der Waals surface area contributed by atoms with Gasteiger partial charge in [-0.05, 0) is 13.3 Å². The molecule has 1 aromatic heterocycles. The minimum atomic E-state index is 0.679. The van der Waals surface area contributed by atoms with Gasteiger partial charge in [-0.3, -0.25) is 0 Å². The van der Waals surface area contributed by atoms with Gasteiger partial charge in [0.2, 0.25) is 0 Å². The van der Waals surface area contributed by atoms with Gasteiger partial charge in [-0.2, -0.15) is 0 Å². The van der Waals surface area contributed by atoms with E-state index < -0.39 is 0 Å². The van der Waals surface area contributed by atoms with E-state index in [-0.39, 0.29) is 0 Å². The molecule has 1 rings (SSSR count).